The average molecular weight is 210 g/mol. The Balaban J connectivity index is 2.89. The van der Waals surface area contributed by atoms with Crippen LogP contribution in [0.4, 0.5) is 0 Å². The van der Waals surface area contributed by atoms with Gasteiger partial charge in [-0.3, -0.25) is 4.79 Å². The zero-order chi connectivity index (χ0) is 11.4. The number of rotatable bonds is 4. The number of hydrogen-bond acceptors (Lipinski definition) is 3. The van der Waals surface area contributed by atoms with Crippen molar-refractivity contribution in [3.8, 4) is 11.5 Å². The summed E-state index contributed by atoms with van der Waals surface area (Å²) in [6, 6.07) is 4.67. The number of carboxylic acid groups (broad SMARTS) is 1. The highest BCUT2D eigenvalue weighted by atomic mass is 16.5. The Kier molecular flexibility index (Phi) is 3.55. The van der Waals surface area contributed by atoms with E-state index >= 15 is 0 Å². The van der Waals surface area contributed by atoms with E-state index in [-0.39, 0.29) is 5.75 Å². The van der Waals surface area contributed by atoms with Crippen LogP contribution in [-0.4, -0.2) is 23.3 Å². The number of aromatic hydroxyl groups is 1. The van der Waals surface area contributed by atoms with Gasteiger partial charge in [0, 0.05) is 6.07 Å². The second-order valence-electron chi connectivity index (χ2n) is 3.44. The summed E-state index contributed by atoms with van der Waals surface area (Å²) in [6.07, 6.45) is 0.388. The van der Waals surface area contributed by atoms with E-state index in [0.717, 1.165) is 5.56 Å². The summed E-state index contributed by atoms with van der Waals surface area (Å²) in [5.41, 5.74) is 0.783. The molecule has 82 valence electrons. The van der Waals surface area contributed by atoms with E-state index in [4.69, 9.17) is 9.84 Å². The molecule has 0 aromatic heterocycles. The van der Waals surface area contributed by atoms with Gasteiger partial charge >= 0.3 is 5.97 Å². The number of aliphatic carboxylic acids is 1. The third kappa shape index (κ3) is 2.87. The van der Waals surface area contributed by atoms with Crippen LogP contribution in [0.25, 0.3) is 0 Å². The molecule has 0 saturated heterocycles. The first-order valence-electron chi connectivity index (χ1n) is 4.63. The minimum Gasteiger partial charge on any atom is -0.508 e. The number of carbonyl (C=O) groups is 1. The first-order chi connectivity index (χ1) is 7.04. The molecule has 4 heteroatoms. The van der Waals surface area contributed by atoms with Crippen molar-refractivity contribution >= 4 is 5.97 Å². The molecule has 0 aliphatic heterocycles. The van der Waals surface area contributed by atoms with Gasteiger partial charge in [0.1, 0.15) is 11.5 Å². The van der Waals surface area contributed by atoms with E-state index in [9.17, 15) is 9.90 Å². The summed E-state index contributed by atoms with van der Waals surface area (Å²) in [4.78, 5) is 10.7. The molecule has 0 fully saturated rings. The van der Waals surface area contributed by atoms with Crippen LogP contribution in [0.1, 0.15) is 12.5 Å². The molecule has 0 aliphatic rings. The van der Waals surface area contributed by atoms with Crippen LogP contribution in [-0.2, 0) is 11.2 Å². The van der Waals surface area contributed by atoms with Crippen LogP contribution >= 0.6 is 0 Å². The van der Waals surface area contributed by atoms with Crippen LogP contribution in [0.3, 0.4) is 0 Å². The Morgan fingerprint density at radius 3 is 2.73 bits per heavy atom. The molecule has 1 aromatic carbocycles. The van der Waals surface area contributed by atoms with Crippen LogP contribution < -0.4 is 4.74 Å². The summed E-state index contributed by atoms with van der Waals surface area (Å²) in [7, 11) is 1.49. The summed E-state index contributed by atoms with van der Waals surface area (Å²) in [5.74, 6) is -0.685. The fourth-order valence-electron chi connectivity index (χ4n) is 1.32. The quantitative estimate of drug-likeness (QED) is 0.793. The maximum Gasteiger partial charge on any atom is 0.306 e. The molecule has 0 spiro atoms. The van der Waals surface area contributed by atoms with Gasteiger partial charge in [-0.25, -0.2) is 0 Å². The lowest BCUT2D eigenvalue weighted by atomic mass is 10.0. The van der Waals surface area contributed by atoms with Gasteiger partial charge in [-0.1, -0.05) is 13.0 Å². The molecule has 0 saturated carbocycles. The Labute approximate surface area is 88.1 Å². The highest BCUT2D eigenvalue weighted by Crippen LogP contribution is 2.25. The van der Waals surface area contributed by atoms with E-state index in [1.807, 2.05) is 0 Å². The maximum absolute atomic E-state index is 10.7. The Hall–Kier alpha value is -1.71. The molecular formula is C11H14O4. The van der Waals surface area contributed by atoms with E-state index < -0.39 is 11.9 Å². The maximum atomic E-state index is 10.7. The standard InChI is InChI=1S/C11H14O4/c1-7(11(13)14)5-8-3-4-9(12)6-10(8)15-2/h3-4,6-7,12H,5H2,1-2H3,(H,13,14). The lowest BCUT2D eigenvalue weighted by Gasteiger charge is -2.11. The van der Waals surface area contributed by atoms with Gasteiger partial charge in [0.25, 0.3) is 0 Å². The molecule has 0 amide bonds. The van der Waals surface area contributed by atoms with Crippen molar-refractivity contribution in [2.75, 3.05) is 7.11 Å². The molecule has 1 atom stereocenters. The van der Waals surface area contributed by atoms with Crippen LogP contribution in [0.5, 0.6) is 11.5 Å². The molecule has 2 N–H and O–H groups in total. The summed E-state index contributed by atoms with van der Waals surface area (Å²) >= 11 is 0. The van der Waals surface area contributed by atoms with Crippen LogP contribution in [0.2, 0.25) is 0 Å². The van der Waals surface area contributed by atoms with Crippen molar-refractivity contribution < 1.29 is 19.7 Å². The number of ether oxygens (including phenoxy) is 1. The Morgan fingerprint density at radius 2 is 2.20 bits per heavy atom. The van der Waals surface area contributed by atoms with Gasteiger partial charge in [0.2, 0.25) is 0 Å². The van der Waals surface area contributed by atoms with Crippen molar-refractivity contribution in [1.82, 2.24) is 0 Å². The van der Waals surface area contributed by atoms with Gasteiger partial charge in [0.15, 0.2) is 0 Å². The number of carboxylic acids is 1. The summed E-state index contributed by atoms with van der Waals surface area (Å²) in [6.45, 7) is 1.63. The molecule has 1 aromatic rings. The minimum atomic E-state index is -0.842. The summed E-state index contributed by atoms with van der Waals surface area (Å²) in [5, 5.41) is 18.0. The fraction of sp³-hybridized carbons (Fsp3) is 0.364. The van der Waals surface area contributed by atoms with Gasteiger partial charge < -0.3 is 14.9 Å². The molecule has 0 heterocycles. The monoisotopic (exact) mass is 210 g/mol. The second kappa shape index (κ2) is 4.68. The zero-order valence-corrected chi connectivity index (χ0v) is 8.73. The molecular weight excluding hydrogens is 196 g/mol. The van der Waals surface area contributed by atoms with Crippen molar-refractivity contribution in [2.45, 2.75) is 13.3 Å². The SMILES string of the molecule is COc1cc(O)ccc1CC(C)C(=O)O. The largest absolute Gasteiger partial charge is 0.508 e. The zero-order valence-electron chi connectivity index (χ0n) is 8.73. The third-order valence-electron chi connectivity index (χ3n) is 2.22. The van der Waals surface area contributed by atoms with Gasteiger partial charge in [-0.2, -0.15) is 0 Å². The summed E-state index contributed by atoms with van der Waals surface area (Å²) < 4.78 is 5.05. The molecule has 0 aliphatic carbocycles. The minimum absolute atomic E-state index is 0.110. The molecule has 4 nitrogen and oxygen atoms in total. The number of benzene rings is 1. The normalized spacial score (nSPS) is 12.1. The van der Waals surface area contributed by atoms with Crippen molar-refractivity contribution in [3.63, 3.8) is 0 Å². The number of phenols is 1. The van der Waals surface area contributed by atoms with Gasteiger partial charge in [0.05, 0.1) is 13.0 Å². The second-order valence-corrected chi connectivity index (χ2v) is 3.44. The van der Waals surface area contributed by atoms with Gasteiger partial charge in [-0.15, -0.1) is 0 Å². The van der Waals surface area contributed by atoms with E-state index in [1.165, 1.54) is 19.2 Å². The number of methoxy groups -OCH3 is 1. The first kappa shape index (κ1) is 11.4. The van der Waals surface area contributed by atoms with Crippen molar-refractivity contribution in [3.05, 3.63) is 23.8 Å². The molecule has 0 bridgehead atoms. The first-order valence-corrected chi connectivity index (χ1v) is 4.63. The average Bonchev–Trinajstić information content (AvgIpc) is 2.20. The predicted octanol–water partition coefficient (Wildman–Crippen LogP) is 1.66. The predicted molar refractivity (Wildman–Crippen MR) is 55.2 cm³/mol. The lowest BCUT2D eigenvalue weighted by molar-refractivity contribution is -0.141. The molecule has 1 rings (SSSR count). The van der Waals surface area contributed by atoms with Crippen LogP contribution in [0.15, 0.2) is 18.2 Å². The third-order valence-corrected chi connectivity index (χ3v) is 2.22. The Morgan fingerprint density at radius 1 is 1.53 bits per heavy atom. The Bertz CT molecular complexity index is 360. The highest BCUT2D eigenvalue weighted by Gasteiger charge is 2.14. The molecule has 1 unspecified atom stereocenters. The van der Waals surface area contributed by atoms with E-state index in [1.54, 1.807) is 13.0 Å². The highest BCUT2D eigenvalue weighted by molar-refractivity contribution is 5.70. The molecule has 0 radical (unpaired) electrons. The lowest BCUT2D eigenvalue weighted by Crippen LogP contribution is -2.12. The topological polar surface area (TPSA) is 66.8 Å². The molecule has 15 heavy (non-hydrogen) atoms. The van der Waals surface area contributed by atoms with Gasteiger partial charge in [-0.05, 0) is 18.1 Å². The van der Waals surface area contributed by atoms with Crippen molar-refractivity contribution in [2.24, 2.45) is 5.92 Å². The fourth-order valence-corrected chi connectivity index (χ4v) is 1.32. The van der Waals surface area contributed by atoms with E-state index in [2.05, 4.69) is 0 Å². The van der Waals surface area contributed by atoms with Crippen LogP contribution in [0, 0.1) is 5.92 Å². The number of hydrogen-bond donors (Lipinski definition) is 2. The number of phenolic OH excluding ortho intramolecular Hbond substituents is 1. The van der Waals surface area contributed by atoms with Crippen molar-refractivity contribution in [1.29, 1.82) is 0 Å². The smallest absolute Gasteiger partial charge is 0.306 e. The van der Waals surface area contributed by atoms with E-state index in [0.29, 0.717) is 12.2 Å².